The van der Waals surface area contributed by atoms with Crippen LogP contribution in [0.4, 0.5) is 5.82 Å². The lowest BCUT2D eigenvalue weighted by molar-refractivity contribution is 0.810. The van der Waals surface area contributed by atoms with Gasteiger partial charge in [0.1, 0.15) is 11.3 Å². The molecule has 0 aliphatic carbocycles. The molecule has 108 valence electrons. The van der Waals surface area contributed by atoms with Crippen molar-refractivity contribution < 1.29 is 0 Å². The first kappa shape index (κ1) is 12.7. The molecule has 0 spiro atoms. The van der Waals surface area contributed by atoms with Gasteiger partial charge < -0.3 is 10.3 Å². The number of benzene rings is 1. The van der Waals surface area contributed by atoms with Gasteiger partial charge in [-0.2, -0.15) is 0 Å². The predicted octanol–water partition coefficient (Wildman–Crippen LogP) is 3.07. The number of hydrogen-bond acceptors (Lipinski definition) is 5. The molecule has 22 heavy (non-hydrogen) atoms. The van der Waals surface area contributed by atoms with Gasteiger partial charge >= 0.3 is 0 Å². The van der Waals surface area contributed by atoms with Gasteiger partial charge in [-0.25, -0.2) is 15.0 Å². The Kier molecular flexibility index (Phi) is 2.93. The average Bonchev–Trinajstić information content (AvgIpc) is 2.99. The number of imidazole rings is 1. The van der Waals surface area contributed by atoms with E-state index in [2.05, 4.69) is 30.2 Å². The number of rotatable bonds is 3. The first-order valence-electron chi connectivity index (χ1n) is 7.08. The number of aromatic nitrogens is 5. The van der Waals surface area contributed by atoms with Gasteiger partial charge in [0.2, 0.25) is 0 Å². The summed E-state index contributed by atoms with van der Waals surface area (Å²) in [6.45, 7) is 2.04. The van der Waals surface area contributed by atoms with Crippen LogP contribution < -0.4 is 5.32 Å². The number of hydrogen-bond donors (Lipinski definition) is 2. The molecule has 0 amide bonds. The zero-order valence-electron chi connectivity index (χ0n) is 12.0. The van der Waals surface area contributed by atoms with Crippen LogP contribution in [0.15, 0.2) is 48.9 Å². The molecule has 6 heteroatoms. The molecule has 3 heterocycles. The molecule has 0 aliphatic rings. The highest BCUT2D eigenvalue weighted by atomic mass is 15.1. The fourth-order valence-corrected chi connectivity index (χ4v) is 2.45. The summed E-state index contributed by atoms with van der Waals surface area (Å²) in [5.41, 5.74) is 3.55. The molecular weight excluding hydrogens is 276 g/mol. The molecule has 2 N–H and O–H groups in total. The normalized spacial score (nSPS) is 12.6. The largest absolute Gasteiger partial charge is 0.359 e. The smallest absolute Gasteiger partial charge is 0.154 e. The van der Waals surface area contributed by atoms with E-state index in [0.29, 0.717) is 5.82 Å². The van der Waals surface area contributed by atoms with Crippen LogP contribution in [0.3, 0.4) is 0 Å². The van der Waals surface area contributed by atoms with Crippen molar-refractivity contribution in [1.82, 2.24) is 24.9 Å². The van der Waals surface area contributed by atoms with E-state index in [-0.39, 0.29) is 6.04 Å². The average molecular weight is 290 g/mol. The van der Waals surface area contributed by atoms with Crippen molar-refractivity contribution in [3.8, 4) is 0 Å². The highest BCUT2D eigenvalue weighted by Crippen LogP contribution is 2.22. The summed E-state index contributed by atoms with van der Waals surface area (Å²) in [4.78, 5) is 20.9. The number of nitrogens with zero attached hydrogens (tertiary/aromatic N) is 4. The molecule has 0 bridgehead atoms. The number of fused-ring (bicyclic) bond motifs is 2. The Morgan fingerprint density at radius 3 is 2.73 bits per heavy atom. The van der Waals surface area contributed by atoms with Gasteiger partial charge in [0.25, 0.3) is 0 Å². The molecule has 4 rings (SSSR count). The molecule has 0 saturated heterocycles. The van der Waals surface area contributed by atoms with Gasteiger partial charge in [0.15, 0.2) is 5.82 Å². The quantitative estimate of drug-likeness (QED) is 0.606. The topological polar surface area (TPSA) is 79.4 Å². The second-order valence-electron chi connectivity index (χ2n) is 5.09. The molecule has 6 nitrogen and oxygen atoms in total. The Labute approximate surface area is 126 Å². The molecule has 1 aromatic carbocycles. The fourth-order valence-electron chi connectivity index (χ4n) is 2.45. The lowest BCUT2D eigenvalue weighted by Crippen LogP contribution is -2.10. The first-order chi connectivity index (χ1) is 10.8. The van der Waals surface area contributed by atoms with Crippen LogP contribution in [-0.4, -0.2) is 24.9 Å². The Bertz CT molecular complexity index is 907. The monoisotopic (exact) mass is 290 g/mol. The van der Waals surface area contributed by atoms with Gasteiger partial charge in [-0.3, -0.25) is 4.98 Å². The maximum atomic E-state index is 4.61. The second kappa shape index (κ2) is 5.07. The summed E-state index contributed by atoms with van der Waals surface area (Å²) in [6, 6.07) is 9.80. The van der Waals surface area contributed by atoms with Gasteiger partial charge in [-0.1, -0.05) is 12.1 Å². The third-order valence-electron chi connectivity index (χ3n) is 3.56. The van der Waals surface area contributed by atoms with Crippen LogP contribution in [0.25, 0.3) is 22.1 Å². The third kappa shape index (κ3) is 2.14. The van der Waals surface area contributed by atoms with Crippen molar-refractivity contribution in [2.24, 2.45) is 0 Å². The molecule has 0 fully saturated rings. The van der Waals surface area contributed by atoms with Crippen molar-refractivity contribution >= 4 is 27.9 Å². The number of anilines is 1. The van der Waals surface area contributed by atoms with E-state index in [1.807, 2.05) is 37.3 Å². The van der Waals surface area contributed by atoms with Crippen molar-refractivity contribution in [3.05, 3.63) is 54.7 Å². The number of nitrogens with one attached hydrogen (secondary N) is 2. The van der Waals surface area contributed by atoms with Crippen LogP contribution in [0, 0.1) is 0 Å². The lowest BCUT2D eigenvalue weighted by Gasteiger charge is -2.13. The molecule has 3 aromatic heterocycles. The zero-order valence-corrected chi connectivity index (χ0v) is 12.0. The number of pyridine rings is 1. The van der Waals surface area contributed by atoms with E-state index in [1.54, 1.807) is 18.6 Å². The van der Waals surface area contributed by atoms with E-state index in [9.17, 15) is 0 Å². The van der Waals surface area contributed by atoms with Crippen LogP contribution in [-0.2, 0) is 0 Å². The molecule has 0 radical (unpaired) electrons. The summed E-state index contributed by atoms with van der Waals surface area (Å²) in [5, 5.41) is 3.35. The number of H-pyrrole nitrogens is 1. The highest BCUT2D eigenvalue weighted by molar-refractivity contribution is 5.84. The summed E-state index contributed by atoms with van der Waals surface area (Å²) < 4.78 is 0. The van der Waals surface area contributed by atoms with Gasteiger partial charge in [-0.15, -0.1) is 0 Å². The Morgan fingerprint density at radius 1 is 0.955 bits per heavy atom. The van der Waals surface area contributed by atoms with E-state index in [0.717, 1.165) is 27.9 Å². The predicted molar refractivity (Wildman–Crippen MR) is 85.5 cm³/mol. The van der Waals surface area contributed by atoms with Crippen LogP contribution in [0.2, 0.25) is 0 Å². The Hall–Kier alpha value is -3.02. The first-order valence-corrected chi connectivity index (χ1v) is 7.08. The van der Waals surface area contributed by atoms with Crippen molar-refractivity contribution in [1.29, 1.82) is 0 Å². The van der Waals surface area contributed by atoms with Crippen molar-refractivity contribution in [2.45, 2.75) is 13.0 Å². The maximum Gasteiger partial charge on any atom is 0.154 e. The van der Waals surface area contributed by atoms with Crippen LogP contribution >= 0.6 is 0 Å². The lowest BCUT2D eigenvalue weighted by atomic mass is 10.3. The highest BCUT2D eigenvalue weighted by Gasteiger charge is 2.13. The molecule has 0 saturated carbocycles. The van der Waals surface area contributed by atoms with E-state index >= 15 is 0 Å². The number of para-hydroxylation sites is 2. The van der Waals surface area contributed by atoms with Gasteiger partial charge in [0.05, 0.1) is 22.6 Å². The van der Waals surface area contributed by atoms with Crippen LogP contribution in [0.5, 0.6) is 0 Å². The van der Waals surface area contributed by atoms with E-state index in [4.69, 9.17) is 0 Å². The zero-order chi connectivity index (χ0) is 14.9. The minimum atomic E-state index is -0.0208. The molecule has 4 aromatic rings. The van der Waals surface area contributed by atoms with Crippen molar-refractivity contribution in [2.75, 3.05) is 5.32 Å². The molecular formula is C16H14N6. The summed E-state index contributed by atoms with van der Waals surface area (Å²) >= 11 is 0. The fraction of sp³-hybridized carbons (Fsp3) is 0.125. The minimum absolute atomic E-state index is 0.0208. The number of aromatic amines is 1. The van der Waals surface area contributed by atoms with Crippen molar-refractivity contribution in [3.63, 3.8) is 0 Å². The minimum Gasteiger partial charge on any atom is -0.359 e. The summed E-state index contributed by atoms with van der Waals surface area (Å²) in [6.07, 6.45) is 5.07. The second-order valence-corrected chi connectivity index (χ2v) is 5.09. The molecule has 0 unspecified atom stereocenters. The summed E-state index contributed by atoms with van der Waals surface area (Å²) in [7, 11) is 0. The Morgan fingerprint density at radius 2 is 1.82 bits per heavy atom. The van der Waals surface area contributed by atoms with Crippen LogP contribution in [0.1, 0.15) is 18.8 Å². The Balaban J connectivity index is 1.69. The van der Waals surface area contributed by atoms with Gasteiger partial charge in [0, 0.05) is 18.6 Å². The van der Waals surface area contributed by atoms with Gasteiger partial charge in [-0.05, 0) is 25.1 Å². The third-order valence-corrected chi connectivity index (χ3v) is 3.56. The molecule has 0 aliphatic heterocycles. The van der Waals surface area contributed by atoms with E-state index in [1.165, 1.54) is 0 Å². The SMILES string of the molecule is C[C@@H](Nc1nccc2nccnc12)c1nc2ccccc2[nH]1. The summed E-state index contributed by atoms with van der Waals surface area (Å²) in [5.74, 6) is 1.57. The molecule has 1 atom stereocenters. The van der Waals surface area contributed by atoms with E-state index < -0.39 is 0 Å². The maximum absolute atomic E-state index is 4.61. The standard InChI is InChI=1S/C16H14N6/c1-10(15-21-11-4-2-3-5-12(11)22-15)20-16-14-13(6-7-19-16)17-8-9-18-14/h2-10H,1H3,(H,19,20)(H,21,22)/t10-/m1/s1.